The van der Waals surface area contributed by atoms with Gasteiger partial charge in [0.05, 0.1) is 11.8 Å². The smallest absolute Gasteiger partial charge is 0.303 e. The molecule has 2 aromatic heterocycles. The first-order chi connectivity index (χ1) is 10.5. The Morgan fingerprint density at radius 3 is 2.77 bits per heavy atom. The highest BCUT2D eigenvalue weighted by atomic mass is 16.4. The van der Waals surface area contributed by atoms with Crippen molar-refractivity contribution in [1.82, 2.24) is 20.1 Å². The van der Waals surface area contributed by atoms with E-state index in [1.54, 1.807) is 12.3 Å². The molecule has 118 valence electrons. The van der Waals surface area contributed by atoms with Crippen molar-refractivity contribution < 1.29 is 14.7 Å². The predicted octanol–water partition coefficient (Wildman–Crippen LogP) is 2.00. The molecule has 0 unspecified atom stereocenters. The number of aromatic nitrogens is 3. The molecule has 0 saturated carbocycles. The summed E-state index contributed by atoms with van der Waals surface area (Å²) in [4.78, 5) is 26.7. The largest absolute Gasteiger partial charge is 0.481 e. The maximum absolute atomic E-state index is 12.0. The van der Waals surface area contributed by atoms with E-state index < -0.39 is 5.97 Å². The number of hydrogen-bond donors (Lipinski definition) is 2. The van der Waals surface area contributed by atoms with E-state index in [1.165, 1.54) is 6.20 Å². The molecule has 0 aliphatic rings. The summed E-state index contributed by atoms with van der Waals surface area (Å²) in [6, 6.07) is 1.97. The summed E-state index contributed by atoms with van der Waals surface area (Å²) in [6.07, 6.45) is 4.55. The first-order valence-electron chi connectivity index (χ1n) is 7.32. The van der Waals surface area contributed by atoms with Crippen LogP contribution in [0.5, 0.6) is 0 Å². The SMILES string of the molecule is CC(C)n1ncc2cc(C(=O)NCCCCC(=O)O)cnc21. The number of amides is 1. The van der Waals surface area contributed by atoms with E-state index in [9.17, 15) is 9.59 Å². The second-order valence-electron chi connectivity index (χ2n) is 5.43. The molecule has 7 heteroatoms. The third-order valence-electron chi connectivity index (χ3n) is 3.29. The topological polar surface area (TPSA) is 97.1 Å². The lowest BCUT2D eigenvalue weighted by molar-refractivity contribution is -0.137. The van der Waals surface area contributed by atoms with Crippen LogP contribution in [0.1, 0.15) is 49.5 Å². The van der Waals surface area contributed by atoms with Crippen molar-refractivity contribution in [3.05, 3.63) is 24.0 Å². The number of nitrogens with one attached hydrogen (secondary N) is 1. The molecular formula is C15H20N4O3. The lowest BCUT2D eigenvalue weighted by Crippen LogP contribution is -2.24. The lowest BCUT2D eigenvalue weighted by Gasteiger charge is -2.07. The summed E-state index contributed by atoms with van der Waals surface area (Å²) in [5.74, 6) is -1.02. The van der Waals surface area contributed by atoms with Crippen LogP contribution in [0, 0.1) is 0 Å². The van der Waals surface area contributed by atoms with E-state index in [2.05, 4.69) is 15.4 Å². The van der Waals surface area contributed by atoms with Crippen LogP contribution in [0.2, 0.25) is 0 Å². The standard InChI is InChI=1S/C15H20N4O3/c1-10(2)19-14-11(9-18-19)7-12(8-17-14)15(22)16-6-4-3-5-13(20)21/h7-10H,3-6H2,1-2H3,(H,16,22)(H,20,21). The van der Waals surface area contributed by atoms with E-state index in [-0.39, 0.29) is 18.4 Å². The van der Waals surface area contributed by atoms with Gasteiger partial charge in [0.25, 0.3) is 5.91 Å². The van der Waals surface area contributed by atoms with Crippen molar-refractivity contribution in [2.75, 3.05) is 6.54 Å². The van der Waals surface area contributed by atoms with Crippen molar-refractivity contribution in [3.63, 3.8) is 0 Å². The van der Waals surface area contributed by atoms with Crippen LogP contribution in [0.3, 0.4) is 0 Å². The maximum atomic E-state index is 12.0. The molecule has 2 aromatic rings. The van der Waals surface area contributed by atoms with Gasteiger partial charge in [-0.1, -0.05) is 0 Å². The van der Waals surface area contributed by atoms with Crippen LogP contribution in [-0.4, -0.2) is 38.3 Å². The fraction of sp³-hybridized carbons (Fsp3) is 0.467. The number of hydrogen-bond acceptors (Lipinski definition) is 4. The van der Waals surface area contributed by atoms with E-state index in [0.717, 1.165) is 11.0 Å². The fourth-order valence-corrected chi connectivity index (χ4v) is 2.15. The molecule has 0 aromatic carbocycles. The minimum Gasteiger partial charge on any atom is -0.481 e. The molecule has 0 aliphatic heterocycles. The molecule has 2 heterocycles. The molecule has 0 saturated heterocycles. The Morgan fingerprint density at radius 1 is 1.32 bits per heavy atom. The molecule has 7 nitrogen and oxygen atoms in total. The fourth-order valence-electron chi connectivity index (χ4n) is 2.15. The number of fused-ring (bicyclic) bond motifs is 1. The zero-order valence-electron chi connectivity index (χ0n) is 12.7. The normalized spacial score (nSPS) is 11.0. The second-order valence-corrected chi connectivity index (χ2v) is 5.43. The third-order valence-corrected chi connectivity index (χ3v) is 3.29. The van der Waals surface area contributed by atoms with Crippen molar-refractivity contribution >= 4 is 22.9 Å². The minimum absolute atomic E-state index is 0.123. The Morgan fingerprint density at radius 2 is 2.09 bits per heavy atom. The molecule has 0 bridgehead atoms. The van der Waals surface area contributed by atoms with Crippen LogP contribution < -0.4 is 5.32 Å². The van der Waals surface area contributed by atoms with Crippen molar-refractivity contribution in [2.24, 2.45) is 0 Å². The van der Waals surface area contributed by atoms with Gasteiger partial charge in [-0.3, -0.25) is 9.59 Å². The minimum atomic E-state index is -0.817. The van der Waals surface area contributed by atoms with Gasteiger partial charge < -0.3 is 10.4 Å². The monoisotopic (exact) mass is 304 g/mol. The molecule has 2 rings (SSSR count). The average molecular weight is 304 g/mol. The van der Waals surface area contributed by atoms with Crippen LogP contribution in [0.15, 0.2) is 18.5 Å². The molecule has 0 spiro atoms. The molecule has 0 aliphatic carbocycles. The van der Waals surface area contributed by atoms with Crippen LogP contribution in [-0.2, 0) is 4.79 Å². The summed E-state index contributed by atoms with van der Waals surface area (Å²) in [7, 11) is 0. The number of carbonyl (C=O) groups excluding carboxylic acids is 1. The molecule has 1 amide bonds. The van der Waals surface area contributed by atoms with Gasteiger partial charge in [-0.25, -0.2) is 9.67 Å². The van der Waals surface area contributed by atoms with E-state index in [0.29, 0.717) is 24.9 Å². The molecule has 22 heavy (non-hydrogen) atoms. The number of aliphatic carboxylic acids is 1. The van der Waals surface area contributed by atoms with Gasteiger partial charge in [-0.05, 0) is 32.8 Å². The van der Waals surface area contributed by atoms with Crippen LogP contribution >= 0.6 is 0 Å². The number of unbranched alkanes of at least 4 members (excludes halogenated alkanes) is 1. The average Bonchev–Trinajstić information content (AvgIpc) is 2.89. The Kier molecular flexibility index (Phi) is 5.08. The van der Waals surface area contributed by atoms with Gasteiger partial charge in [0.2, 0.25) is 0 Å². The summed E-state index contributed by atoms with van der Waals surface area (Å²) in [6.45, 7) is 4.49. The molecular weight excluding hydrogens is 284 g/mol. The summed E-state index contributed by atoms with van der Waals surface area (Å²) in [5.41, 5.74) is 1.24. The zero-order chi connectivity index (χ0) is 16.1. The number of carboxylic acid groups (broad SMARTS) is 1. The maximum Gasteiger partial charge on any atom is 0.303 e. The molecule has 2 N–H and O–H groups in total. The molecule has 0 fully saturated rings. The number of nitrogens with zero attached hydrogens (tertiary/aromatic N) is 3. The Hall–Kier alpha value is -2.44. The van der Waals surface area contributed by atoms with Crippen molar-refractivity contribution in [1.29, 1.82) is 0 Å². The van der Waals surface area contributed by atoms with Gasteiger partial charge in [0.15, 0.2) is 5.65 Å². The van der Waals surface area contributed by atoms with Crippen molar-refractivity contribution in [2.45, 2.75) is 39.2 Å². The number of pyridine rings is 1. The first-order valence-corrected chi connectivity index (χ1v) is 7.32. The summed E-state index contributed by atoms with van der Waals surface area (Å²) < 4.78 is 1.81. The lowest BCUT2D eigenvalue weighted by atomic mass is 10.2. The van der Waals surface area contributed by atoms with E-state index in [1.807, 2.05) is 18.5 Å². The highest BCUT2D eigenvalue weighted by Crippen LogP contribution is 2.16. The number of carboxylic acids is 1. The van der Waals surface area contributed by atoms with E-state index in [4.69, 9.17) is 5.11 Å². The Balaban J connectivity index is 1.96. The number of rotatable bonds is 7. The number of carbonyl (C=O) groups is 2. The quantitative estimate of drug-likeness (QED) is 0.762. The van der Waals surface area contributed by atoms with Gasteiger partial charge >= 0.3 is 5.97 Å². The zero-order valence-corrected chi connectivity index (χ0v) is 12.7. The molecule has 0 atom stereocenters. The first kappa shape index (κ1) is 15.9. The van der Waals surface area contributed by atoms with Gasteiger partial charge in [-0.2, -0.15) is 5.10 Å². The Labute approximate surface area is 128 Å². The highest BCUT2D eigenvalue weighted by molar-refractivity contribution is 5.96. The molecule has 0 radical (unpaired) electrons. The highest BCUT2D eigenvalue weighted by Gasteiger charge is 2.11. The van der Waals surface area contributed by atoms with E-state index >= 15 is 0 Å². The van der Waals surface area contributed by atoms with Crippen LogP contribution in [0.25, 0.3) is 11.0 Å². The second kappa shape index (κ2) is 7.02. The third kappa shape index (κ3) is 3.81. The Bertz CT molecular complexity index is 678. The van der Waals surface area contributed by atoms with Crippen molar-refractivity contribution in [3.8, 4) is 0 Å². The van der Waals surface area contributed by atoms with Gasteiger partial charge in [-0.15, -0.1) is 0 Å². The van der Waals surface area contributed by atoms with Crippen LogP contribution in [0.4, 0.5) is 0 Å². The summed E-state index contributed by atoms with van der Waals surface area (Å²) in [5, 5.41) is 16.4. The predicted molar refractivity (Wildman–Crippen MR) is 81.7 cm³/mol. The van der Waals surface area contributed by atoms with Gasteiger partial charge in [0.1, 0.15) is 0 Å². The summed E-state index contributed by atoms with van der Waals surface area (Å²) >= 11 is 0. The van der Waals surface area contributed by atoms with Gasteiger partial charge in [0, 0.05) is 30.6 Å².